The van der Waals surface area contributed by atoms with E-state index in [0.29, 0.717) is 23.6 Å². The SMILES string of the molecule is O=C(O)[C@@H]1[C@H](C(=O)Nc2ccc3c(c2)OCO3)[C@H]2CC[C@H]1O2. The molecule has 1 aromatic rings. The smallest absolute Gasteiger partial charge is 0.310 e. The van der Waals surface area contributed by atoms with Crippen molar-refractivity contribution in [3.8, 4) is 11.5 Å². The molecule has 116 valence electrons. The minimum Gasteiger partial charge on any atom is -0.481 e. The molecule has 22 heavy (non-hydrogen) atoms. The van der Waals surface area contributed by atoms with E-state index in [1.54, 1.807) is 18.2 Å². The Morgan fingerprint density at radius 1 is 1.09 bits per heavy atom. The Morgan fingerprint density at radius 3 is 2.59 bits per heavy atom. The van der Waals surface area contributed by atoms with Gasteiger partial charge in [-0.2, -0.15) is 0 Å². The standard InChI is InChI=1S/C15H15NO6/c17-14(12-9-3-4-10(22-9)13(12)15(18)19)16-7-1-2-8-11(5-7)21-6-20-8/h1-2,5,9-10,12-13H,3-4,6H2,(H,16,17)(H,18,19)/t9-,10-,12-,13+/m1/s1. The van der Waals surface area contributed by atoms with Crippen LogP contribution in [0.2, 0.25) is 0 Å². The van der Waals surface area contributed by atoms with Crippen LogP contribution in [0, 0.1) is 11.8 Å². The second kappa shape index (κ2) is 4.88. The lowest BCUT2D eigenvalue weighted by Gasteiger charge is -2.23. The maximum atomic E-state index is 12.5. The number of nitrogens with one attached hydrogen (secondary N) is 1. The normalized spacial score (nSPS) is 31.3. The van der Waals surface area contributed by atoms with Gasteiger partial charge >= 0.3 is 5.97 Å². The van der Waals surface area contributed by atoms with Crippen LogP contribution in [-0.4, -0.2) is 36.0 Å². The Kier molecular flexibility index (Phi) is 2.97. The lowest BCUT2D eigenvalue weighted by Crippen LogP contribution is -2.40. The fraction of sp³-hybridized carbons (Fsp3) is 0.467. The van der Waals surface area contributed by atoms with Gasteiger partial charge in [-0.05, 0) is 25.0 Å². The average molecular weight is 305 g/mol. The van der Waals surface area contributed by atoms with Crippen molar-refractivity contribution < 1.29 is 28.9 Å². The fourth-order valence-corrected chi connectivity index (χ4v) is 3.52. The highest BCUT2D eigenvalue weighted by Crippen LogP contribution is 2.44. The van der Waals surface area contributed by atoms with Crippen molar-refractivity contribution in [1.29, 1.82) is 0 Å². The molecule has 4 rings (SSSR count). The van der Waals surface area contributed by atoms with Crippen LogP contribution in [-0.2, 0) is 14.3 Å². The molecule has 0 spiro atoms. The molecule has 3 heterocycles. The van der Waals surface area contributed by atoms with Gasteiger partial charge in [-0.15, -0.1) is 0 Å². The number of hydrogen-bond donors (Lipinski definition) is 2. The zero-order valence-electron chi connectivity index (χ0n) is 11.7. The van der Waals surface area contributed by atoms with Crippen LogP contribution in [0.4, 0.5) is 5.69 Å². The van der Waals surface area contributed by atoms with Gasteiger partial charge in [0.15, 0.2) is 11.5 Å². The number of ether oxygens (including phenoxy) is 3. The lowest BCUT2D eigenvalue weighted by molar-refractivity contribution is -0.147. The molecule has 1 amide bonds. The molecule has 7 heteroatoms. The quantitative estimate of drug-likeness (QED) is 0.872. The highest BCUT2D eigenvalue weighted by atomic mass is 16.7. The van der Waals surface area contributed by atoms with E-state index < -0.39 is 17.8 Å². The fourth-order valence-electron chi connectivity index (χ4n) is 3.52. The summed E-state index contributed by atoms with van der Waals surface area (Å²) in [6.07, 6.45) is 0.776. The number of fused-ring (bicyclic) bond motifs is 3. The van der Waals surface area contributed by atoms with Gasteiger partial charge in [0.25, 0.3) is 0 Å². The van der Waals surface area contributed by atoms with Gasteiger partial charge in [0.2, 0.25) is 12.7 Å². The first-order valence-electron chi connectivity index (χ1n) is 7.22. The van der Waals surface area contributed by atoms with Crippen LogP contribution in [0.15, 0.2) is 18.2 Å². The van der Waals surface area contributed by atoms with Crippen LogP contribution in [0.5, 0.6) is 11.5 Å². The van der Waals surface area contributed by atoms with Crippen LogP contribution >= 0.6 is 0 Å². The molecule has 0 radical (unpaired) electrons. The third-order valence-electron chi connectivity index (χ3n) is 4.50. The summed E-state index contributed by atoms with van der Waals surface area (Å²) in [4.78, 5) is 23.9. The number of hydrogen-bond acceptors (Lipinski definition) is 5. The summed E-state index contributed by atoms with van der Waals surface area (Å²) in [6.45, 7) is 0.161. The number of benzene rings is 1. The van der Waals surface area contributed by atoms with E-state index in [1.807, 2.05) is 0 Å². The summed E-state index contributed by atoms with van der Waals surface area (Å²) in [5, 5.41) is 12.1. The number of aliphatic carboxylic acids is 1. The van der Waals surface area contributed by atoms with Crippen molar-refractivity contribution in [2.24, 2.45) is 11.8 Å². The minimum absolute atomic E-state index is 0.161. The molecule has 2 N–H and O–H groups in total. The summed E-state index contributed by atoms with van der Waals surface area (Å²) < 4.78 is 16.1. The molecule has 0 unspecified atom stereocenters. The number of carbonyl (C=O) groups excluding carboxylic acids is 1. The number of anilines is 1. The highest BCUT2D eigenvalue weighted by Gasteiger charge is 2.55. The zero-order valence-corrected chi connectivity index (χ0v) is 11.7. The van der Waals surface area contributed by atoms with Crippen LogP contribution < -0.4 is 14.8 Å². The van der Waals surface area contributed by atoms with E-state index in [9.17, 15) is 14.7 Å². The molecule has 0 aliphatic carbocycles. The molecule has 0 aromatic heterocycles. The highest BCUT2D eigenvalue weighted by molar-refractivity contribution is 5.96. The van der Waals surface area contributed by atoms with Crippen LogP contribution in [0.3, 0.4) is 0 Å². The first-order chi connectivity index (χ1) is 10.6. The third-order valence-corrected chi connectivity index (χ3v) is 4.50. The van der Waals surface area contributed by atoms with E-state index >= 15 is 0 Å². The maximum absolute atomic E-state index is 12.5. The van der Waals surface area contributed by atoms with E-state index in [0.717, 1.165) is 6.42 Å². The van der Waals surface area contributed by atoms with Gasteiger partial charge in [-0.3, -0.25) is 9.59 Å². The van der Waals surface area contributed by atoms with Crippen molar-refractivity contribution in [2.45, 2.75) is 25.0 Å². The molecule has 7 nitrogen and oxygen atoms in total. The number of rotatable bonds is 3. The van der Waals surface area contributed by atoms with Gasteiger partial charge in [0, 0.05) is 11.8 Å². The van der Waals surface area contributed by atoms with E-state index in [4.69, 9.17) is 14.2 Å². The van der Waals surface area contributed by atoms with Crippen molar-refractivity contribution in [2.75, 3.05) is 12.1 Å². The van der Waals surface area contributed by atoms with Gasteiger partial charge < -0.3 is 24.6 Å². The van der Waals surface area contributed by atoms with Gasteiger partial charge in [-0.25, -0.2) is 0 Å². The summed E-state index contributed by atoms with van der Waals surface area (Å²) in [7, 11) is 0. The zero-order chi connectivity index (χ0) is 15.3. The predicted molar refractivity (Wildman–Crippen MR) is 73.7 cm³/mol. The monoisotopic (exact) mass is 305 g/mol. The number of carbonyl (C=O) groups is 2. The summed E-state index contributed by atoms with van der Waals surface area (Å²) in [5.41, 5.74) is 0.557. The molecule has 0 saturated carbocycles. The van der Waals surface area contributed by atoms with Gasteiger partial charge in [0.1, 0.15) is 0 Å². The van der Waals surface area contributed by atoms with Crippen LogP contribution in [0.1, 0.15) is 12.8 Å². The van der Waals surface area contributed by atoms with Crippen LogP contribution in [0.25, 0.3) is 0 Å². The predicted octanol–water partition coefficient (Wildman–Crippen LogP) is 1.23. The summed E-state index contributed by atoms with van der Waals surface area (Å²) in [6, 6.07) is 5.09. The Balaban J connectivity index is 1.53. The summed E-state index contributed by atoms with van der Waals surface area (Å²) in [5.74, 6) is -1.52. The molecule has 2 fully saturated rings. The second-order valence-electron chi connectivity index (χ2n) is 5.74. The molecule has 2 bridgehead atoms. The Bertz CT molecular complexity index is 645. The Labute approximate surface area is 126 Å². The molecule has 3 aliphatic rings. The Morgan fingerprint density at radius 2 is 1.82 bits per heavy atom. The number of carboxylic acid groups (broad SMARTS) is 1. The van der Waals surface area contributed by atoms with E-state index in [-0.39, 0.29) is 24.9 Å². The van der Waals surface area contributed by atoms with E-state index in [1.165, 1.54) is 0 Å². The average Bonchev–Trinajstić information content (AvgIpc) is 3.20. The minimum atomic E-state index is -0.974. The topological polar surface area (TPSA) is 94.1 Å². The van der Waals surface area contributed by atoms with E-state index in [2.05, 4.69) is 5.32 Å². The molecule has 2 saturated heterocycles. The second-order valence-corrected chi connectivity index (χ2v) is 5.74. The van der Waals surface area contributed by atoms with Gasteiger partial charge in [-0.1, -0.05) is 0 Å². The summed E-state index contributed by atoms with van der Waals surface area (Å²) >= 11 is 0. The molecular formula is C15H15NO6. The van der Waals surface area contributed by atoms with Crippen molar-refractivity contribution in [3.05, 3.63) is 18.2 Å². The first-order valence-corrected chi connectivity index (χ1v) is 7.22. The van der Waals surface area contributed by atoms with Gasteiger partial charge in [0.05, 0.1) is 24.0 Å². The molecule has 3 aliphatic heterocycles. The number of amides is 1. The maximum Gasteiger partial charge on any atom is 0.310 e. The molecular weight excluding hydrogens is 290 g/mol. The van der Waals surface area contributed by atoms with Crippen molar-refractivity contribution in [3.63, 3.8) is 0 Å². The Hall–Kier alpha value is -2.28. The molecule has 4 atom stereocenters. The van der Waals surface area contributed by atoms with Crippen molar-refractivity contribution in [1.82, 2.24) is 0 Å². The largest absolute Gasteiger partial charge is 0.481 e. The third kappa shape index (κ3) is 2.00. The molecule has 1 aromatic carbocycles. The van der Waals surface area contributed by atoms with Crippen molar-refractivity contribution >= 4 is 17.6 Å². The number of carboxylic acids is 1. The lowest BCUT2D eigenvalue weighted by atomic mass is 9.78. The first kappa shape index (κ1) is 13.4.